The third-order valence-electron chi connectivity index (χ3n) is 1.56. The van der Waals surface area contributed by atoms with Gasteiger partial charge in [0.05, 0.1) is 6.04 Å². The fourth-order valence-corrected chi connectivity index (χ4v) is 1.25. The lowest BCUT2D eigenvalue weighted by Crippen LogP contribution is -2.43. The first kappa shape index (κ1) is 19.2. The summed E-state index contributed by atoms with van der Waals surface area (Å²) in [7, 11) is 2.82. The first-order valence-electron chi connectivity index (χ1n) is 5.02. The smallest absolute Gasteiger partial charge is 0.147 e. The van der Waals surface area contributed by atoms with Gasteiger partial charge in [-0.05, 0) is 19.4 Å². The van der Waals surface area contributed by atoms with Gasteiger partial charge in [-0.2, -0.15) is 0 Å². The van der Waals surface area contributed by atoms with Gasteiger partial charge >= 0.3 is 0 Å². The number of carbonyl (C=O) groups is 1. The van der Waals surface area contributed by atoms with E-state index in [1.165, 1.54) is 0 Å². The van der Waals surface area contributed by atoms with Crippen molar-refractivity contribution in [1.29, 1.82) is 0 Å². The second-order valence-corrected chi connectivity index (χ2v) is 3.70. The van der Waals surface area contributed by atoms with Crippen molar-refractivity contribution < 1.29 is 9.90 Å². The highest BCUT2D eigenvalue weighted by Crippen LogP contribution is 2.19. The van der Waals surface area contributed by atoms with Crippen LogP contribution in [0.5, 0.6) is 0 Å². The number of Topliss-reactive ketones (excluding diaryl/α,β-unsaturated/α-hetero) is 1. The van der Waals surface area contributed by atoms with Crippen molar-refractivity contribution in [3.05, 3.63) is 0 Å². The molecule has 0 aliphatic rings. The van der Waals surface area contributed by atoms with Crippen LogP contribution in [0.2, 0.25) is 0 Å². The highest BCUT2D eigenvalue weighted by atomic mass is 16.2. The Bertz CT molecular complexity index is 128. The number of likely N-dealkylation sites (N-methyl/N-ethyl adjacent to an activating group) is 1. The largest absolute Gasteiger partial charge is 0.400 e. The van der Waals surface area contributed by atoms with E-state index in [-0.39, 0.29) is 17.2 Å². The second-order valence-electron chi connectivity index (χ2n) is 3.70. The molecule has 0 heterocycles. The lowest BCUT2D eigenvalue weighted by Gasteiger charge is -2.27. The lowest BCUT2D eigenvalue weighted by molar-refractivity contribution is -0.121. The number of hydrogen-bond acceptors (Lipinski definition) is 3. The van der Waals surface area contributed by atoms with Crippen LogP contribution in [0.4, 0.5) is 0 Å². The number of aliphatic hydroxyl groups excluding tert-OH is 1. The predicted octanol–water partition coefficient (Wildman–Crippen LogP) is 1.84. The number of nitrogens with one attached hydrogen (secondary N) is 1. The van der Waals surface area contributed by atoms with Crippen LogP contribution in [0.3, 0.4) is 0 Å². The summed E-state index contributed by atoms with van der Waals surface area (Å²) in [6.07, 6.45) is 0. The van der Waals surface area contributed by atoms with Gasteiger partial charge < -0.3 is 10.4 Å². The molecule has 0 aliphatic heterocycles. The van der Waals surface area contributed by atoms with Crippen molar-refractivity contribution in [2.24, 2.45) is 5.41 Å². The number of ketones is 1. The van der Waals surface area contributed by atoms with E-state index in [1.807, 2.05) is 20.9 Å². The van der Waals surface area contributed by atoms with E-state index in [0.717, 1.165) is 7.11 Å². The minimum Gasteiger partial charge on any atom is -0.400 e. The van der Waals surface area contributed by atoms with Crippen LogP contribution < -0.4 is 5.32 Å². The number of aliphatic hydroxyl groups is 1. The molecular formula is C11H27NO2. The lowest BCUT2D eigenvalue weighted by atomic mass is 9.85. The summed E-state index contributed by atoms with van der Waals surface area (Å²) in [5, 5.41) is 9.99. The second kappa shape index (κ2) is 10.7. The Morgan fingerprint density at radius 3 is 1.50 bits per heavy atom. The Balaban J connectivity index is -0.000000266. The Kier molecular flexibility index (Phi) is 14.6. The average Bonchev–Trinajstić information content (AvgIpc) is 2.09. The van der Waals surface area contributed by atoms with Crippen molar-refractivity contribution in [3.63, 3.8) is 0 Å². The van der Waals surface area contributed by atoms with Gasteiger partial charge in [0.15, 0.2) is 0 Å². The molecule has 0 saturated heterocycles. The Morgan fingerprint density at radius 1 is 1.21 bits per heavy atom. The first-order valence-corrected chi connectivity index (χ1v) is 5.02. The van der Waals surface area contributed by atoms with Crippen LogP contribution >= 0.6 is 0 Å². The normalized spacial score (nSPS) is 11.5. The highest BCUT2D eigenvalue weighted by molar-refractivity contribution is 5.82. The number of hydrogen-bond donors (Lipinski definition) is 2. The Labute approximate surface area is 88.9 Å². The van der Waals surface area contributed by atoms with Crippen LogP contribution in [-0.2, 0) is 4.79 Å². The van der Waals surface area contributed by atoms with E-state index in [4.69, 9.17) is 5.11 Å². The van der Waals surface area contributed by atoms with E-state index in [0.29, 0.717) is 0 Å². The van der Waals surface area contributed by atoms with Crippen molar-refractivity contribution in [3.8, 4) is 0 Å². The molecule has 3 nitrogen and oxygen atoms in total. The highest BCUT2D eigenvalue weighted by Gasteiger charge is 2.26. The zero-order chi connectivity index (χ0) is 12.4. The van der Waals surface area contributed by atoms with Gasteiger partial charge in [-0.25, -0.2) is 0 Å². The molecule has 3 heteroatoms. The summed E-state index contributed by atoms with van der Waals surface area (Å²) in [5.74, 6) is 0.204. The SMILES string of the molecule is CC.CNC(C(C)=O)C(C)(C)C.CO. The fraction of sp³-hybridized carbons (Fsp3) is 0.909. The Morgan fingerprint density at radius 2 is 1.50 bits per heavy atom. The van der Waals surface area contributed by atoms with E-state index in [1.54, 1.807) is 6.92 Å². The van der Waals surface area contributed by atoms with Gasteiger partial charge in [-0.3, -0.25) is 4.79 Å². The summed E-state index contributed by atoms with van der Waals surface area (Å²) in [6.45, 7) is 11.8. The summed E-state index contributed by atoms with van der Waals surface area (Å²) in [4.78, 5) is 11.0. The minimum atomic E-state index is -0.0208. The van der Waals surface area contributed by atoms with Gasteiger partial charge in [-0.15, -0.1) is 0 Å². The van der Waals surface area contributed by atoms with E-state index in [9.17, 15) is 4.79 Å². The van der Waals surface area contributed by atoms with Crippen LogP contribution in [0.15, 0.2) is 0 Å². The summed E-state index contributed by atoms with van der Waals surface area (Å²) < 4.78 is 0. The molecule has 0 bridgehead atoms. The molecule has 2 N–H and O–H groups in total. The maximum atomic E-state index is 11.0. The molecular weight excluding hydrogens is 178 g/mol. The quantitative estimate of drug-likeness (QED) is 0.723. The third-order valence-corrected chi connectivity index (χ3v) is 1.56. The molecule has 0 rings (SSSR count). The van der Waals surface area contributed by atoms with E-state index < -0.39 is 0 Å². The molecule has 0 spiro atoms. The van der Waals surface area contributed by atoms with Gasteiger partial charge in [0, 0.05) is 7.11 Å². The molecule has 0 aromatic heterocycles. The van der Waals surface area contributed by atoms with Gasteiger partial charge in [-0.1, -0.05) is 34.6 Å². The molecule has 0 aromatic carbocycles. The standard InChI is InChI=1S/C8H17NO.C2H6.CH4O/c1-6(10)7(9-5)8(2,3)4;2*1-2/h7,9H,1-5H3;1-2H3;2H,1H3. The summed E-state index contributed by atoms with van der Waals surface area (Å²) in [5.41, 5.74) is 0.0284. The zero-order valence-corrected chi connectivity index (χ0v) is 10.9. The van der Waals surface area contributed by atoms with Crippen molar-refractivity contribution >= 4 is 5.78 Å². The molecule has 0 radical (unpaired) electrons. The molecule has 0 saturated carbocycles. The molecule has 0 aliphatic carbocycles. The van der Waals surface area contributed by atoms with E-state index >= 15 is 0 Å². The number of rotatable bonds is 2. The minimum absolute atomic E-state index is 0.0208. The maximum absolute atomic E-state index is 11.0. The van der Waals surface area contributed by atoms with Crippen molar-refractivity contribution in [2.45, 2.75) is 47.6 Å². The van der Waals surface area contributed by atoms with Gasteiger partial charge in [0.1, 0.15) is 5.78 Å². The topological polar surface area (TPSA) is 49.3 Å². The number of carbonyl (C=O) groups excluding carboxylic acids is 1. The molecule has 0 aromatic rings. The molecule has 0 amide bonds. The van der Waals surface area contributed by atoms with Crippen LogP contribution in [0.25, 0.3) is 0 Å². The fourth-order valence-electron chi connectivity index (χ4n) is 1.25. The van der Waals surface area contributed by atoms with Crippen LogP contribution in [0, 0.1) is 5.41 Å². The zero-order valence-electron chi connectivity index (χ0n) is 10.9. The maximum Gasteiger partial charge on any atom is 0.147 e. The van der Waals surface area contributed by atoms with Crippen molar-refractivity contribution in [2.75, 3.05) is 14.2 Å². The molecule has 1 atom stereocenters. The molecule has 0 fully saturated rings. The molecule has 14 heavy (non-hydrogen) atoms. The van der Waals surface area contributed by atoms with Crippen LogP contribution in [-0.4, -0.2) is 31.1 Å². The van der Waals surface area contributed by atoms with Crippen LogP contribution in [0.1, 0.15) is 41.5 Å². The van der Waals surface area contributed by atoms with Crippen molar-refractivity contribution in [1.82, 2.24) is 5.32 Å². The van der Waals surface area contributed by atoms with E-state index in [2.05, 4.69) is 26.1 Å². The van der Waals surface area contributed by atoms with Gasteiger partial charge in [0.2, 0.25) is 0 Å². The first-order chi connectivity index (χ1) is 6.39. The monoisotopic (exact) mass is 205 g/mol. The summed E-state index contributed by atoms with van der Waals surface area (Å²) in [6, 6.07) is -0.0208. The average molecular weight is 205 g/mol. The molecule has 88 valence electrons. The Hall–Kier alpha value is -0.410. The summed E-state index contributed by atoms with van der Waals surface area (Å²) >= 11 is 0. The van der Waals surface area contributed by atoms with Gasteiger partial charge in [0.25, 0.3) is 0 Å². The third kappa shape index (κ3) is 9.68. The predicted molar refractivity (Wildman–Crippen MR) is 62.5 cm³/mol. The molecule has 1 unspecified atom stereocenters.